The first-order chi connectivity index (χ1) is 18.8. The highest BCUT2D eigenvalue weighted by Gasteiger charge is 2.26. The van der Waals surface area contributed by atoms with Crippen LogP contribution < -0.4 is 0 Å². The third-order valence-electron chi connectivity index (χ3n) is 7.66. The molecular weight excluding hydrogens is 462 g/mol. The lowest BCUT2D eigenvalue weighted by atomic mass is 9.89. The van der Waals surface area contributed by atoms with E-state index in [1.165, 1.54) is 32.7 Å². The van der Waals surface area contributed by atoms with Crippen LogP contribution in [0.1, 0.15) is 5.56 Å². The predicted molar refractivity (Wildman–Crippen MR) is 155 cm³/mol. The van der Waals surface area contributed by atoms with E-state index in [1.807, 2.05) is 48.5 Å². The maximum atomic E-state index is 9.21. The summed E-state index contributed by atoms with van der Waals surface area (Å²) in [6.07, 6.45) is 0. The lowest BCUT2D eigenvalue weighted by Crippen LogP contribution is -1.89. The number of hydrogen-bond donors (Lipinski definition) is 0. The highest BCUT2D eigenvalue weighted by Crippen LogP contribution is 2.49. The van der Waals surface area contributed by atoms with E-state index in [9.17, 15) is 5.26 Å². The first kappa shape index (κ1) is 20.8. The molecule has 174 valence electrons. The molecule has 0 radical (unpaired) electrons. The fraction of sp³-hybridized carbons (Fsp3) is 0. The molecule has 3 heteroatoms. The summed E-state index contributed by atoms with van der Waals surface area (Å²) in [5.74, 6) is 0. The number of para-hydroxylation sites is 2. The summed E-state index contributed by atoms with van der Waals surface area (Å²) in [4.78, 5) is 10.0. The Hall–Kier alpha value is -5.33. The molecule has 0 bridgehead atoms. The Kier molecular flexibility index (Phi) is 4.29. The SMILES string of the molecule is N#Cc1ccc(-c2cccc3c(-c4ccc5c6c(cccc46)-c4nc6ccccc6nc4-5)cccc23)cc1. The predicted octanol–water partition coefficient (Wildman–Crippen LogP) is 8.79. The second-order valence-corrected chi connectivity index (χ2v) is 9.69. The van der Waals surface area contributed by atoms with Crippen LogP contribution in [0.5, 0.6) is 0 Å². The minimum atomic E-state index is 0.667. The van der Waals surface area contributed by atoms with Crippen LogP contribution in [0, 0.1) is 11.3 Å². The largest absolute Gasteiger partial charge is 0.244 e. The van der Waals surface area contributed by atoms with Gasteiger partial charge in [0.25, 0.3) is 0 Å². The summed E-state index contributed by atoms with van der Waals surface area (Å²) in [5.41, 5.74) is 11.4. The summed E-state index contributed by atoms with van der Waals surface area (Å²) in [7, 11) is 0. The fourth-order valence-electron chi connectivity index (χ4n) is 5.93. The van der Waals surface area contributed by atoms with Crippen molar-refractivity contribution in [1.29, 1.82) is 5.26 Å². The van der Waals surface area contributed by atoms with Gasteiger partial charge in [-0.2, -0.15) is 5.26 Å². The molecule has 7 aromatic rings. The van der Waals surface area contributed by atoms with Gasteiger partial charge >= 0.3 is 0 Å². The summed E-state index contributed by atoms with van der Waals surface area (Å²) in [5, 5.41) is 14.0. The molecule has 1 aliphatic rings. The number of nitrogens with zero attached hydrogens (tertiary/aromatic N) is 3. The van der Waals surface area contributed by atoms with Crippen LogP contribution in [0.2, 0.25) is 0 Å². The topological polar surface area (TPSA) is 49.6 Å². The van der Waals surface area contributed by atoms with Gasteiger partial charge in [0.1, 0.15) is 0 Å². The molecule has 0 unspecified atom stereocenters. The van der Waals surface area contributed by atoms with Crippen molar-refractivity contribution in [3.05, 3.63) is 121 Å². The average molecular weight is 482 g/mol. The van der Waals surface area contributed by atoms with E-state index in [2.05, 4.69) is 72.8 Å². The summed E-state index contributed by atoms with van der Waals surface area (Å²) < 4.78 is 0. The van der Waals surface area contributed by atoms with Crippen molar-refractivity contribution in [1.82, 2.24) is 9.97 Å². The van der Waals surface area contributed by atoms with Crippen molar-refractivity contribution in [2.75, 3.05) is 0 Å². The summed E-state index contributed by atoms with van der Waals surface area (Å²) in [6.45, 7) is 0. The summed E-state index contributed by atoms with van der Waals surface area (Å²) in [6, 6.07) is 42.1. The normalized spacial score (nSPS) is 11.7. The molecule has 0 atom stereocenters. The van der Waals surface area contributed by atoms with Gasteiger partial charge in [0.15, 0.2) is 0 Å². The Morgan fingerprint density at radius 1 is 0.447 bits per heavy atom. The molecular formula is C35H19N3. The number of fused-ring (bicyclic) bond motifs is 5. The van der Waals surface area contributed by atoms with Crippen LogP contribution in [0.4, 0.5) is 0 Å². The average Bonchev–Trinajstić information content (AvgIpc) is 3.29. The molecule has 0 spiro atoms. The summed E-state index contributed by atoms with van der Waals surface area (Å²) >= 11 is 0. The molecule has 1 aliphatic carbocycles. The number of nitriles is 1. The van der Waals surface area contributed by atoms with Crippen molar-refractivity contribution >= 4 is 32.6 Å². The zero-order valence-corrected chi connectivity index (χ0v) is 20.3. The highest BCUT2D eigenvalue weighted by molar-refractivity contribution is 6.19. The zero-order chi connectivity index (χ0) is 25.2. The van der Waals surface area contributed by atoms with Crippen LogP contribution in [0.15, 0.2) is 115 Å². The van der Waals surface area contributed by atoms with Gasteiger partial charge in [0.05, 0.1) is 34.1 Å². The van der Waals surface area contributed by atoms with Crippen LogP contribution in [0.3, 0.4) is 0 Å². The van der Waals surface area contributed by atoms with E-state index < -0.39 is 0 Å². The highest BCUT2D eigenvalue weighted by atomic mass is 14.8. The van der Waals surface area contributed by atoms with Crippen molar-refractivity contribution in [2.45, 2.75) is 0 Å². The van der Waals surface area contributed by atoms with Gasteiger partial charge in [-0.15, -0.1) is 0 Å². The maximum Gasteiger partial charge on any atom is 0.0991 e. The first-order valence-corrected chi connectivity index (χ1v) is 12.7. The minimum Gasteiger partial charge on any atom is -0.244 e. The minimum absolute atomic E-state index is 0.667. The van der Waals surface area contributed by atoms with Gasteiger partial charge < -0.3 is 0 Å². The molecule has 0 amide bonds. The molecule has 1 heterocycles. The third kappa shape index (κ3) is 2.89. The van der Waals surface area contributed by atoms with Crippen molar-refractivity contribution in [3.63, 3.8) is 0 Å². The third-order valence-corrected chi connectivity index (χ3v) is 7.66. The monoisotopic (exact) mass is 481 g/mol. The van der Waals surface area contributed by atoms with E-state index in [1.54, 1.807) is 0 Å². The molecule has 6 aromatic carbocycles. The van der Waals surface area contributed by atoms with Gasteiger partial charge in [0, 0.05) is 16.5 Å². The Morgan fingerprint density at radius 2 is 0.974 bits per heavy atom. The van der Waals surface area contributed by atoms with Gasteiger partial charge in [-0.05, 0) is 62.7 Å². The van der Waals surface area contributed by atoms with Crippen molar-refractivity contribution in [3.8, 4) is 50.8 Å². The van der Waals surface area contributed by atoms with Gasteiger partial charge in [-0.3, -0.25) is 0 Å². The molecule has 38 heavy (non-hydrogen) atoms. The maximum absolute atomic E-state index is 9.21. The molecule has 8 rings (SSSR count). The molecule has 0 saturated carbocycles. The number of benzene rings is 6. The molecule has 3 nitrogen and oxygen atoms in total. The van der Waals surface area contributed by atoms with Crippen molar-refractivity contribution in [2.24, 2.45) is 0 Å². The van der Waals surface area contributed by atoms with E-state index in [4.69, 9.17) is 9.97 Å². The number of rotatable bonds is 2. The van der Waals surface area contributed by atoms with Crippen molar-refractivity contribution < 1.29 is 0 Å². The van der Waals surface area contributed by atoms with E-state index >= 15 is 0 Å². The number of hydrogen-bond acceptors (Lipinski definition) is 3. The molecule has 0 fully saturated rings. The van der Waals surface area contributed by atoms with Crippen LogP contribution in [-0.2, 0) is 0 Å². The first-order valence-electron chi connectivity index (χ1n) is 12.7. The zero-order valence-electron chi connectivity index (χ0n) is 20.3. The fourth-order valence-corrected chi connectivity index (χ4v) is 5.93. The van der Waals surface area contributed by atoms with Gasteiger partial charge in [-0.1, -0.05) is 91.0 Å². The lowest BCUT2D eigenvalue weighted by Gasteiger charge is -2.14. The van der Waals surface area contributed by atoms with Crippen LogP contribution in [-0.4, -0.2) is 9.97 Å². The van der Waals surface area contributed by atoms with E-state index in [0.29, 0.717) is 5.56 Å². The second kappa shape index (κ2) is 7.83. The standard InChI is InChI=1S/C35H19N3/c36-20-21-14-16-22(17-15-21)23-6-3-8-25-24(23)7-4-9-26(25)27-18-19-30-33-28(27)10-5-11-29(33)34-35(30)38-32-13-2-1-12-31(32)37-34/h1-19H. The molecule has 0 saturated heterocycles. The lowest BCUT2D eigenvalue weighted by molar-refractivity contribution is 1.32. The smallest absolute Gasteiger partial charge is 0.0991 e. The van der Waals surface area contributed by atoms with Gasteiger partial charge in [-0.25, -0.2) is 9.97 Å². The second-order valence-electron chi connectivity index (χ2n) is 9.69. The van der Waals surface area contributed by atoms with Crippen LogP contribution in [0.25, 0.3) is 77.3 Å². The Balaban J connectivity index is 1.37. The Morgan fingerprint density at radius 3 is 1.66 bits per heavy atom. The Bertz CT molecular complexity index is 2080. The molecule has 0 aliphatic heterocycles. The molecule has 1 aromatic heterocycles. The number of aromatic nitrogens is 2. The van der Waals surface area contributed by atoms with E-state index in [-0.39, 0.29) is 0 Å². The van der Waals surface area contributed by atoms with Gasteiger partial charge in [0.2, 0.25) is 0 Å². The molecule has 0 N–H and O–H groups in total. The Labute approximate surface area is 219 Å². The van der Waals surface area contributed by atoms with Crippen LogP contribution >= 0.6 is 0 Å². The van der Waals surface area contributed by atoms with E-state index in [0.717, 1.165) is 44.7 Å². The quantitative estimate of drug-likeness (QED) is 0.248.